The highest BCUT2D eigenvalue weighted by atomic mass is 35.5. The number of carbonyl (C=O) groups is 1. The van der Waals surface area contributed by atoms with Crippen molar-refractivity contribution in [3.8, 4) is 0 Å². The largest absolute Gasteiger partial charge is 0.332 e. The van der Waals surface area contributed by atoms with Crippen molar-refractivity contribution in [3.05, 3.63) is 53.6 Å². The van der Waals surface area contributed by atoms with Crippen molar-refractivity contribution in [2.24, 2.45) is 0 Å². The molecule has 9 heteroatoms. The van der Waals surface area contributed by atoms with Crippen molar-refractivity contribution >= 4 is 56.2 Å². The Morgan fingerprint density at radius 2 is 1.42 bits per heavy atom. The molecule has 1 amide bonds. The fourth-order valence-electron chi connectivity index (χ4n) is 1.79. The van der Waals surface area contributed by atoms with Crippen LogP contribution in [0.5, 0.6) is 0 Å². The number of amides is 1. The van der Waals surface area contributed by atoms with E-state index in [4.69, 9.17) is 23.8 Å². The zero-order valence-electron chi connectivity index (χ0n) is 12.5. The molecule has 0 saturated carbocycles. The van der Waals surface area contributed by atoms with Crippen LogP contribution in [0.3, 0.4) is 0 Å². The average Bonchev–Trinajstić information content (AvgIpc) is 2.49. The number of anilines is 2. The van der Waals surface area contributed by atoms with Crippen LogP contribution in [-0.2, 0) is 14.8 Å². The lowest BCUT2D eigenvalue weighted by Crippen LogP contribution is -2.28. The predicted molar refractivity (Wildman–Crippen MR) is 98.7 cm³/mol. The highest BCUT2D eigenvalue weighted by molar-refractivity contribution is 7.90. The molecule has 0 aromatic heterocycles. The summed E-state index contributed by atoms with van der Waals surface area (Å²) in [4.78, 5) is 10.9. The summed E-state index contributed by atoms with van der Waals surface area (Å²) >= 11 is 11.0. The van der Waals surface area contributed by atoms with E-state index in [1.165, 1.54) is 12.1 Å². The molecule has 24 heavy (non-hydrogen) atoms. The molecule has 0 aliphatic carbocycles. The van der Waals surface area contributed by atoms with Crippen LogP contribution in [0, 0.1) is 0 Å². The van der Waals surface area contributed by atoms with Gasteiger partial charge in [0.25, 0.3) is 10.0 Å². The van der Waals surface area contributed by atoms with Crippen molar-refractivity contribution in [2.45, 2.75) is 11.8 Å². The molecule has 0 bridgehead atoms. The molecule has 2 aromatic rings. The molecule has 6 nitrogen and oxygen atoms in total. The minimum absolute atomic E-state index is 0.0140. The van der Waals surface area contributed by atoms with Gasteiger partial charge in [0.15, 0.2) is 5.11 Å². The number of rotatable bonds is 4. The molecule has 0 spiro atoms. The molecule has 0 saturated heterocycles. The first kappa shape index (κ1) is 18.2. The van der Waals surface area contributed by atoms with Crippen LogP contribution < -0.4 is 15.4 Å². The first-order valence-electron chi connectivity index (χ1n) is 6.73. The van der Waals surface area contributed by atoms with Gasteiger partial charge in [0, 0.05) is 23.3 Å². The standard InChI is InChI=1S/C15H14ClN3O3S2/c1-10(20)19-24(21,22)14-8-6-13(7-9-14)18-15(23)17-12-4-2-11(16)3-5-12/h2-9H,1H3,(H,19,20)(H2,17,18,23). The molecule has 0 aliphatic rings. The Bertz CT molecular complexity index is 851. The zero-order valence-corrected chi connectivity index (χ0v) is 14.9. The van der Waals surface area contributed by atoms with Gasteiger partial charge >= 0.3 is 0 Å². The summed E-state index contributed by atoms with van der Waals surface area (Å²) in [5, 5.41) is 6.87. The molecule has 2 aromatic carbocycles. The Balaban J connectivity index is 2.02. The zero-order chi connectivity index (χ0) is 17.7. The molecule has 0 heterocycles. The fraction of sp³-hybridized carbons (Fsp3) is 0.0667. The third kappa shape index (κ3) is 5.19. The minimum atomic E-state index is -3.85. The van der Waals surface area contributed by atoms with Crippen LogP contribution in [0.15, 0.2) is 53.4 Å². The first-order chi connectivity index (χ1) is 11.3. The summed E-state index contributed by atoms with van der Waals surface area (Å²) in [7, 11) is -3.85. The van der Waals surface area contributed by atoms with Gasteiger partial charge in [-0.3, -0.25) is 4.79 Å². The van der Waals surface area contributed by atoms with E-state index in [0.29, 0.717) is 15.8 Å². The molecule has 0 atom stereocenters. The van der Waals surface area contributed by atoms with Gasteiger partial charge in [0.1, 0.15) is 0 Å². The number of hydrogen-bond donors (Lipinski definition) is 3. The topological polar surface area (TPSA) is 87.3 Å². The van der Waals surface area contributed by atoms with E-state index < -0.39 is 15.9 Å². The SMILES string of the molecule is CC(=O)NS(=O)(=O)c1ccc(NC(=S)Nc2ccc(Cl)cc2)cc1. The average molecular weight is 384 g/mol. The van der Waals surface area contributed by atoms with E-state index in [-0.39, 0.29) is 4.90 Å². The minimum Gasteiger partial charge on any atom is -0.332 e. The van der Waals surface area contributed by atoms with Crippen LogP contribution >= 0.6 is 23.8 Å². The number of carbonyl (C=O) groups excluding carboxylic acids is 1. The second-order valence-corrected chi connectivity index (χ2v) is 7.30. The maximum Gasteiger partial charge on any atom is 0.264 e. The van der Waals surface area contributed by atoms with Crippen LogP contribution in [0.2, 0.25) is 5.02 Å². The highest BCUT2D eigenvalue weighted by Crippen LogP contribution is 2.16. The molecule has 0 radical (unpaired) electrons. The number of benzene rings is 2. The van der Waals surface area contributed by atoms with Gasteiger partial charge in [-0.1, -0.05) is 11.6 Å². The van der Waals surface area contributed by atoms with Crippen molar-refractivity contribution in [1.82, 2.24) is 4.72 Å². The fourth-order valence-corrected chi connectivity index (χ4v) is 3.14. The molecule has 3 N–H and O–H groups in total. The third-order valence-electron chi connectivity index (χ3n) is 2.80. The molecule has 0 fully saturated rings. The monoisotopic (exact) mass is 383 g/mol. The van der Waals surface area contributed by atoms with Crippen LogP contribution in [0.1, 0.15) is 6.92 Å². The Kier molecular flexibility index (Phi) is 5.76. The predicted octanol–water partition coefficient (Wildman–Crippen LogP) is 2.97. The Morgan fingerprint density at radius 1 is 0.958 bits per heavy atom. The smallest absolute Gasteiger partial charge is 0.264 e. The summed E-state index contributed by atoms with van der Waals surface area (Å²) in [6, 6.07) is 12.9. The molecule has 2 rings (SSSR count). The van der Waals surface area contributed by atoms with Crippen molar-refractivity contribution in [2.75, 3.05) is 10.6 Å². The molecule has 0 unspecified atom stereocenters. The van der Waals surface area contributed by atoms with E-state index in [0.717, 1.165) is 12.6 Å². The first-order valence-corrected chi connectivity index (χ1v) is 9.00. The Hall–Kier alpha value is -2.16. The summed E-state index contributed by atoms with van der Waals surface area (Å²) < 4.78 is 25.6. The lowest BCUT2D eigenvalue weighted by Gasteiger charge is -2.11. The highest BCUT2D eigenvalue weighted by Gasteiger charge is 2.15. The maximum absolute atomic E-state index is 11.8. The molecular formula is C15H14ClN3O3S2. The Labute approximate surface area is 150 Å². The van der Waals surface area contributed by atoms with Gasteiger partial charge in [0.05, 0.1) is 4.90 Å². The van der Waals surface area contributed by atoms with E-state index in [9.17, 15) is 13.2 Å². The van der Waals surface area contributed by atoms with Gasteiger partial charge < -0.3 is 10.6 Å². The Morgan fingerprint density at radius 3 is 1.88 bits per heavy atom. The number of nitrogens with one attached hydrogen (secondary N) is 3. The van der Waals surface area contributed by atoms with Crippen molar-refractivity contribution < 1.29 is 13.2 Å². The van der Waals surface area contributed by atoms with E-state index in [2.05, 4.69) is 10.6 Å². The lowest BCUT2D eigenvalue weighted by atomic mass is 10.3. The van der Waals surface area contributed by atoms with E-state index in [1.54, 1.807) is 36.4 Å². The van der Waals surface area contributed by atoms with E-state index >= 15 is 0 Å². The van der Waals surface area contributed by atoms with Crippen LogP contribution in [0.4, 0.5) is 11.4 Å². The second kappa shape index (κ2) is 7.61. The number of thiocarbonyl (C=S) groups is 1. The van der Waals surface area contributed by atoms with Gasteiger partial charge in [0.2, 0.25) is 5.91 Å². The number of hydrogen-bond acceptors (Lipinski definition) is 4. The van der Waals surface area contributed by atoms with Crippen molar-refractivity contribution in [3.63, 3.8) is 0 Å². The third-order valence-corrected chi connectivity index (χ3v) is 4.71. The quantitative estimate of drug-likeness (QED) is 0.703. The van der Waals surface area contributed by atoms with Gasteiger partial charge in [-0.25, -0.2) is 13.1 Å². The summed E-state index contributed by atoms with van der Waals surface area (Å²) in [6.07, 6.45) is 0. The lowest BCUT2D eigenvalue weighted by molar-refractivity contribution is -0.117. The van der Waals surface area contributed by atoms with Gasteiger partial charge in [-0.15, -0.1) is 0 Å². The summed E-state index contributed by atoms with van der Waals surface area (Å²) in [6.45, 7) is 1.13. The second-order valence-electron chi connectivity index (χ2n) is 4.77. The van der Waals surface area contributed by atoms with Crippen molar-refractivity contribution in [1.29, 1.82) is 0 Å². The summed E-state index contributed by atoms with van der Waals surface area (Å²) in [5.74, 6) is -0.648. The number of halogens is 1. The van der Waals surface area contributed by atoms with Crippen LogP contribution in [-0.4, -0.2) is 19.4 Å². The summed E-state index contributed by atoms with van der Waals surface area (Å²) in [5.41, 5.74) is 1.37. The maximum atomic E-state index is 11.8. The van der Waals surface area contributed by atoms with Gasteiger partial charge in [-0.05, 0) is 60.7 Å². The van der Waals surface area contributed by atoms with Crippen LogP contribution in [0.25, 0.3) is 0 Å². The van der Waals surface area contributed by atoms with Gasteiger partial charge in [-0.2, -0.15) is 0 Å². The van der Waals surface area contributed by atoms with E-state index in [1.807, 2.05) is 4.72 Å². The molecular weight excluding hydrogens is 370 g/mol. The normalized spacial score (nSPS) is 10.8. The molecule has 0 aliphatic heterocycles. The molecule has 126 valence electrons. The number of sulfonamides is 1.